The number of amides is 2. The van der Waals surface area contributed by atoms with Crippen molar-refractivity contribution in [2.45, 2.75) is 52.1 Å². The van der Waals surface area contributed by atoms with Crippen LogP contribution in [0.1, 0.15) is 51.5 Å². The molecule has 24 heavy (non-hydrogen) atoms. The second kappa shape index (κ2) is 8.71. The molecule has 1 aromatic carbocycles. The molecular weight excluding hydrogens is 304 g/mol. The van der Waals surface area contributed by atoms with Crippen molar-refractivity contribution in [3.8, 4) is 5.75 Å². The van der Waals surface area contributed by atoms with Crippen LogP contribution in [0, 0.1) is 0 Å². The second-order valence-electron chi connectivity index (χ2n) is 6.51. The molecule has 0 saturated carbocycles. The van der Waals surface area contributed by atoms with Gasteiger partial charge in [-0.25, -0.2) is 0 Å². The summed E-state index contributed by atoms with van der Waals surface area (Å²) in [6, 6.07) is 7.78. The number of hydrogen-bond donors (Lipinski definition) is 1. The van der Waals surface area contributed by atoms with Crippen LogP contribution in [0.4, 0.5) is 0 Å². The lowest BCUT2D eigenvalue weighted by Gasteiger charge is -2.21. The highest BCUT2D eigenvalue weighted by atomic mass is 16.5. The van der Waals surface area contributed by atoms with E-state index in [4.69, 9.17) is 4.74 Å². The number of benzene rings is 1. The van der Waals surface area contributed by atoms with Crippen LogP contribution in [0.2, 0.25) is 0 Å². The van der Waals surface area contributed by atoms with E-state index in [0.29, 0.717) is 12.3 Å². The first-order valence-electron chi connectivity index (χ1n) is 8.84. The van der Waals surface area contributed by atoms with E-state index >= 15 is 0 Å². The fraction of sp³-hybridized carbons (Fsp3) is 0.579. The number of carbonyl (C=O) groups excluding carboxylic acids is 2. The van der Waals surface area contributed by atoms with Crippen molar-refractivity contribution in [3.05, 3.63) is 29.8 Å². The fourth-order valence-electron chi connectivity index (χ4n) is 2.90. The Hall–Kier alpha value is -2.04. The number of carbonyl (C=O) groups is 2. The van der Waals surface area contributed by atoms with Crippen molar-refractivity contribution >= 4 is 11.8 Å². The number of nitrogens with one attached hydrogen (secondary N) is 1. The average Bonchev–Trinajstić information content (AvgIpc) is 3.12. The molecule has 1 fully saturated rings. The Morgan fingerprint density at radius 2 is 1.88 bits per heavy atom. The Morgan fingerprint density at radius 1 is 1.21 bits per heavy atom. The molecule has 5 heteroatoms. The smallest absolute Gasteiger partial charge is 0.261 e. The van der Waals surface area contributed by atoms with Crippen LogP contribution >= 0.6 is 0 Å². The zero-order valence-electron chi connectivity index (χ0n) is 14.9. The lowest BCUT2D eigenvalue weighted by atomic mass is 10.0. The quantitative estimate of drug-likeness (QED) is 0.835. The van der Waals surface area contributed by atoms with Crippen LogP contribution in [0.15, 0.2) is 24.3 Å². The van der Waals surface area contributed by atoms with Gasteiger partial charge < -0.3 is 15.0 Å². The van der Waals surface area contributed by atoms with E-state index < -0.39 is 6.10 Å². The molecule has 0 aliphatic carbocycles. The van der Waals surface area contributed by atoms with E-state index in [-0.39, 0.29) is 18.4 Å². The van der Waals surface area contributed by atoms with Gasteiger partial charge in [0.05, 0.1) is 6.54 Å². The number of nitrogens with zero attached hydrogens (tertiary/aromatic N) is 1. The van der Waals surface area contributed by atoms with Crippen molar-refractivity contribution in [3.63, 3.8) is 0 Å². The molecule has 1 heterocycles. The van der Waals surface area contributed by atoms with Gasteiger partial charge in [0.25, 0.3) is 5.91 Å². The zero-order chi connectivity index (χ0) is 17.5. The average molecular weight is 332 g/mol. The molecule has 0 spiro atoms. The summed E-state index contributed by atoms with van der Waals surface area (Å²) in [6.07, 6.45) is 2.06. The molecule has 1 aromatic rings. The summed E-state index contributed by atoms with van der Waals surface area (Å²) in [5.41, 5.74) is 1.08. The minimum absolute atomic E-state index is 0.0155. The van der Waals surface area contributed by atoms with E-state index in [0.717, 1.165) is 37.2 Å². The molecule has 0 radical (unpaired) electrons. The Balaban J connectivity index is 1.93. The summed E-state index contributed by atoms with van der Waals surface area (Å²) in [4.78, 5) is 26.2. The maximum absolute atomic E-state index is 12.4. The molecule has 1 unspecified atom stereocenters. The third kappa shape index (κ3) is 4.73. The van der Waals surface area contributed by atoms with Crippen molar-refractivity contribution in [1.29, 1.82) is 0 Å². The summed E-state index contributed by atoms with van der Waals surface area (Å²) < 4.78 is 5.94. The van der Waals surface area contributed by atoms with Gasteiger partial charge in [-0.1, -0.05) is 39.0 Å². The van der Waals surface area contributed by atoms with Crippen LogP contribution in [0.3, 0.4) is 0 Å². The van der Waals surface area contributed by atoms with Gasteiger partial charge in [-0.15, -0.1) is 0 Å². The lowest BCUT2D eigenvalue weighted by Crippen LogP contribution is -2.44. The highest BCUT2D eigenvalue weighted by Gasteiger charge is 2.23. The first-order chi connectivity index (χ1) is 11.5. The van der Waals surface area contributed by atoms with Crippen molar-refractivity contribution in [2.75, 3.05) is 19.6 Å². The van der Waals surface area contributed by atoms with E-state index in [1.165, 1.54) is 0 Å². The summed E-state index contributed by atoms with van der Waals surface area (Å²) in [5.74, 6) is 0.806. The minimum atomic E-state index is -0.587. The molecule has 1 N–H and O–H groups in total. The van der Waals surface area contributed by atoms with Gasteiger partial charge in [0.15, 0.2) is 6.10 Å². The van der Waals surface area contributed by atoms with Gasteiger partial charge in [-0.3, -0.25) is 9.59 Å². The third-order valence-corrected chi connectivity index (χ3v) is 4.35. The van der Waals surface area contributed by atoms with Crippen molar-refractivity contribution < 1.29 is 14.3 Å². The van der Waals surface area contributed by atoms with E-state index in [9.17, 15) is 9.59 Å². The van der Waals surface area contributed by atoms with Crippen LogP contribution in [0.25, 0.3) is 0 Å². The van der Waals surface area contributed by atoms with E-state index in [2.05, 4.69) is 19.2 Å². The van der Waals surface area contributed by atoms with Gasteiger partial charge in [0.1, 0.15) is 5.75 Å². The molecule has 5 nitrogen and oxygen atoms in total. The highest BCUT2D eigenvalue weighted by molar-refractivity contribution is 5.87. The van der Waals surface area contributed by atoms with Gasteiger partial charge in [0, 0.05) is 13.1 Å². The highest BCUT2D eigenvalue weighted by Crippen LogP contribution is 2.27. The summed E-state index contributed by atoms with van der Waals surface area (Å²) in [6.45, 7) is 7.74. The predicted octanol–water partition coefficient (Wildman–Crippen LogP) is 2.71. The first-order valence-corrected chi connectivity index (χ1v) is 8.84. The van der Waals surface area contributed by atoms with Crippen LogP contribution < -0.4 is 10.1 Å². The summed E-state index contributed by atoms with van der Waals surface area (Å²) in [7, 11) is 0. The molecule has 2 rings (SSSR count). The lowest BCUT2D eigenvalue weighted by molar-refractivity contribution is -0.134. The summed E-state index contributed by atoms with van der Waals surface area (Å²) >= 11 is 0. The third-order valence-electron chi connectivity index (χ3n) is 4.35. The Bertz CT molecular complexity index is 565. The molecule has 1 aliphatic heterocycles. The molecule has 2 amide bonds. The van der Waals surface area contributed by atoms with Gasteiger partial charge in [0.2, 0.25) is 5.91 Å². The second-order valence-corrected chi connectivity index (χ2v) is 6.51. The largest absolute Gasteiger partial charge is 0.480 e. The number of para-hydroxylation sites is 1. The van der Waals surface area contributed by atoms with Crippen LogP contribution in [-0.2, 0) is 9.59 Å². The fourth-order valence-corrected chi connectivity index (χ4v) is 2.90. The van der Waals surface area contributed by atoms with Crippen LogP contribution in [-0.4, -0.2) is 42.5 Å². The first kappa shape index (κ1) is 18.3. The monoisotopic (exact) mass is 332 g/mol. The summed E-state index contributed by atoms with van der Waals surface area (Å²) in [5, 5.41) is 2.72. The van der Waals surface area contributed by atoms with Crippen LogP contribution in [0.5, 0.6) is 5.75 Å². The number of rotatable bonds is 7. The maximum Gasteiger partial charge on any atom is 0.261 e. The van der Waals surface area contributed by atoms with Crippen molar-refractivity contribution in [2.24, 2.45) is 0 Å². The number of likely N-dealkylation sites (tertiary alicyclic amines) is 1. The SMILES string of the molecule is CCC(Oc1ccccc1C(C)C)C(=O)NCC(=O)N1CCCC1. The van der Waals surface area contributed by atoms with Crippen molar-refractivity contribution in [1.82, 2.24) is 10.2 Å². The molecule has 132 valence electrons. The van der Waals surface area contributed by atoms with E-state index in [1.54, 1.807) is 4.90 Å². The number of ether oxygens (including phenoxy) is 1. The molecule has 1 aliphatic rings. The van der Waals surface area contributed by atoms with E-state index in [1.807, 2.05) is 31.2 Å². The Labute approximate surface area is 144 Å². The topological polar surface area (TPSA) is 58.6 Å². The molecular formula is C19H28N2O3. The van der Waals surface area contributed by atoms with Gasteiger partial charge >= 0.3 is 0 Å². The zero-order valence-corrected chi connectivity index (χ0v) is 14.9. The van der Waals surface area contributed by atoms with Gasteiger partial charge in [-0.2, -0.15) is 0 Å². The molecule has 0 aromatic heterocycles. The molecule has 0 bridgehead atoms. The number of hydrogen-bond acceptors (Lipinski definition) is 3. The molecule has 1 atom stereocenters. The maximum atomic E-state index is 12.4. The Morgan fingerprint density at radius 3 is 2.50 bits per heavy atom. The van der Waals surface area contributed by atoms with Gasteiger partial charge in [-0.05, 0) is 36.8 Å². The normalized spacial score (nSPS) is 15.4. The standard InChI is InChI=1S/C19H28N2O3/c1-4-16(24-17-10-6-5-9-15(17)14(2)3)19(23)20-13-18(22)21-11-7-8-12-21/h5-6,9-10,14,16H,4,7-8,11-13H2,1-3H3,(H,20,23). The Kier molecular flexibility index (Phi) is 6.64. The predicted molar refractivity (Wildman–Crippen MR) is 94.1 cm³/mol. The minimum Gasteiger partial charge on any atom is -0.480 e. The molecule has 1 saturated heterocycles.